The van der Waals surface area contributed by atoms with Gasteiger partial charge in [-0.15, -0.1) is 11.6 Å². The number of halogens is 4. The van der Waals surface area contributed by atoms with E-state index < -0.39 is 24.6 Å². The number of carbonyl (C=O) groups is 1. The van der Waals surface area contributed by atoms with E-state index in [1.165, 1.54) is 4.90 Å². The Kier molecular flexibility index (Phi) is 4.07. The highest BCUT2D eigenvalue weighted by Crippen LogP contribution is 2.38. The molecule has 1 N–H and O–H groups in total. The van der Waals surface area contributed by atoms with Crippen LogP contribution in [0, 0.1) is 0 Å². The van der Waals surface area contributed by atoms with Crippen LogP contribution in [0.3, 0.4) is 0 Å². The minimum atomic E-state index is -4.63. The van der Waals surface area contributed by atoms with Gasteiger partial charge in [-0.25, -0.2) is 0 Å². The van der Waals surface area contributed by atoms with Gasteiger partial charge in [-0.05, 0) is 0 Å². The summed E-state index contributed by atoms with van der Waals surface area (Å²) in [6.45, 7) is -0.155. The van der Waals surface area contributed by atoms with Crippen molar-refractivity contribution in [2.75, 3.05) is 19.0 Å². The molecule has 1 saturated heterocycles. The van der Waals surface area contributed by atoms with Crippen LogP contribution in [0.25, 0.3) is 0 Å². The van der Waals surface area contributed by atoms with Crippen molar-refractivity contribution in [2.45, 2.75) is 31.0 Å². The summed E-state index contributed by atoms with van der Waals surface area (Å²) in [5, 5.41) is 9.35. The molecule has 0 unspecified atom stereocenters. The van der Waals surface area contributed by atoms with E-state index in [-0.39, 0.29) is 31.3 Å². The fourth-order valence-corrected chi connectivity index (χ4v) is 1.81. The number of piperidine rings is 1. The molecule has 94 valence electrons. The standard InChI is InChI=1S/C9H13ClF3NO2/c10-4-1-7(15)14-5-2-8(16,3-6-14)9(11,12)13/h16H,1-6H2. The molecule has 1 amide bonds. The van der Waals surface area contributed by atoms with Crippen molar-refractivity contribution >= 4 is 17.5 Å². The van der Waals surface area contributed by atoms with E-state index in [0.717, 1.165) is 0 Å². The number of alkyl halides is 4. The molecule has 1 aliphatic rings. The Morgan fingerprint density at radius 3 is 2.25 bits per heavy atom. The van der Waals surface area contributed by atoms with E-state index in [2.05, 4.69) is 0 Å². The molecule has 0 radical (unpaired) electrons. The fourth-order valence-electron chi connectivity index (χ4n) is 1.65. The molecule has 1 heterocycles. The molecular formula is C9H13ClF3NO2. The highest BCUT2D eigenvalue weighted by atomic mass is 35.5. The Morgan fingerprint density at radius 2 is 1.88 bits per heavy atom. The van der Waals surface area contributed by atoms with Crippen LogP contribution in [0.1, 0.15) is 19.3 Å². The van der Waals surface area contributed by atoms with E-state index in [1.54, 1.807) is 0 Å². The molecule has 0 aromatic heterocycles. The quantitative estimate of drug-likeness (QED) is 0.764. The lowest BCUT2D eigenvalue weighted by molar-refractivity contribution is -0.272. The molecule has 3 nitrogen and oxygen atoms in total. The molecular weight excluding hydrogens is 247 g/mol. The van der Waals surface area contributed by atoms with Gasteiger partial charge in [0.15, 0.2) is 5.60 Å². The highest BCUT2D eigenvalue weighted by molar-refractivity contribution is 6.18. The zero-order valence-corrected chi connectivity index (χ0v) is 9.31. The monoisotopic (exact) mass is 259 g/mol. The van der Waals surface area contributed by atoms with Crippen LogP contribution in [0.15, 0.2) is 0 Å². The van der Waals surface area contributed by atoms with E-state index in [9.17, 15) is 23.1 Å². The first-order chi connectivity index (χ1) is 7.30. The second kappa shape index (κ2) is 4.79. The summed E-state index contributed by atoms with van der Waals surface area (Å²) in [4.78, 5) is 12.6. The molecule has 0 aromatic rings. The van der Waals surface area contributed by atoms with Gasteiger partial charge in [0.1, 0.15) is 0 Å². The zero-order chi connectivity index (χ0) is 12.4. The van der Waals surface area contributed by atoms with Gasteiger partial charge in [-0.3, -0.25) is 4.79 Å². The molecule has 16 heavy (non-hydrogen) atoms. The van der Waals surface area contributed by atoms with Crippen molar-refractivity contribution < 1.29 is 23.1 Å². The van der Waals surface area contributed by atoms with Gasteiger partial charge in [0, 0.05) is 38.2 Å². The Hall–Kier alpha value is -0.490. The van der Waals surface area contributed by atoms with Crippen LogP contribution in [0.4, 0.5) is 13.2 Å². The topological polar surface area (TPSA) is 40.5 Å². The van der Waals surface area contributed by atoms with Crippen LogP contribution in [0.2, 0.25) is 0 Å². The largest absolute Gasteiger partial charge is 0.417 e. The maximum Gasteiger partial charge on any atom is 0.417 e. The van der Waals surface area contributed by atoms with E-state index >= 15 is 0 Å². The lowest BCUT2D eigenvalue weighted by Crippen LogP contribution is -2.54. The van der Waals surface area contributed by atoms with Gasteiger partial charge in [0.25, 0.3) is 0 Å². The minimum Gasteiger partial charge on any atom is -0.380 e. The third kappa shape index (κ3) is 2.79. The molecule has 1 fully saturated rings. The van der Waals surface area contributed by atoms with E-state index in [4.69, 9.17) is 11.6 Å². The first-order valence-corrected chi connectivity index (χ1v) is 5.46. The van der Waals surface area contributed by atoms with Gasteiger partial charge in [0.05, 0.1) is 0 Å². The third-order valence-electron chi connectivity index (χ3n) is 2.78. The summed E-state index contributed by atoms with van der Waals surface area (Å²) in [6, 6.07) is 0. The Morgan fingerprint density at radius 1 is 1.38 bits per heavy atom. The molecule has 1 aliphatic heterocycles. The Balaban J connectivity index is 2.54. The SMILES string of the molecule is O=C(CCCl)N1CCC(O)(C(F)(F)F)CC1. The van der Waals surface area contributed by atoms with Crippen LogP contribution < -0.4 is 0 Å². The van der Waals surface area contributed by atoms with E-state index in [1.807, 2.05) is 0 Å². The first kappa shape index (κ1) is 13.6. The van der Waals surface area contributed by atoms with Gasteiger partial charge in [-0.1, -0.05) is 0 Å². The van der Waals surface area contributed by atoms with Crippen molar-refractivity contribution in [1.82, 2.24) is 4.90 Å². The number of likely N-dealkylation sites (tertiary alicyclic amines) is 1. The second-order valence-corrected chi connectivity index (χ2v) is 4.23. The molecule has 0 spiro atoms. The summed E-state index contributed by atoms with van der Waals surface area (Å²) in [7, 11) is 0. The van der Waals surface area contributed by atoms with Gasteiger partial charge < -0.3 is 10.0 Å². The molecule has 1 rings (SSSR count). The minimum absolute atomic E-state index is 0.0776. The number of hydrogen-bond donors (Lipinski definition) is 1. The molecule has 0 aliphatic carbocycles. The smallest absolute Gasteiger partial charge is 0.380 e. The van der Waals surface area contributed by atoms with Gasteiger partial charge >= 0.3 is 6.18 Å². The predicted octanol–water partition coefficient (Wildman–Crippen LogP) is 1.53. The fraction of sp³-hybridized carbons (Fsp3) is 0.889. The maximum atomic E-state index is 12.4. The number of hydrogen-bond acceptors (Lipinski definition) is 2. The van der Waals surface area contributed by atoms with Crippen molar-refractivity contribution in [1.29, 1.82) is 0 Å². The Bertz CT molecular complexity index is 262. The summed E-state index contributed by atoms with van der Waals surface area (Å²) < 4.78 is 37.3. The maximum absolute atomic E-state index is 12.4. The number of rotatable bonds is 2. The van der Waals surface area contributed by atoms with Crippen molar-refractivity contribution in [3.05, 3.63) is 0 Å². The highest BCUT2D eigenvalue weighted by Gasteiger charge is 2.54. The summed E-state index contributed by atoms with van der Waals surface area (Å²) >= 11 is 5.37. The lowest BCUT2D eigenvalue weighted by Gasteiger charge is -2.39. The summed E-state index contributed by atoms with van der Waals surface area (Å²) in [5.74, 6) is -0.113. The van der Waals surface area contributed by atoms with Crippen LogP contribution in [-0.2, 0) is 4.79 Å². The lowest BCUT2D eigenvalue weighted by atomic mass is 9.90. The van der Waals surface area contributed by atoms with Crippen molar-refractivity contribution in [3.8, 4) is 0 Å². The van der Waals surface area contributed by atoms with Crippen LogP contribution in [-0.4, -0.2) is 46.7 Å². The molecule has 0 aromatic carbocycles. The number of carbonyl (C=O) groups excluding carboxylic acids is 1. The number of nitrogens with zero attached hydrogens (tertiary/aromatic N) is 1. The van der Waals surface area contributed by atoms with Crippen molar-refractivity contribution in [3.63, 3.8) is 0 Å². The molecule has 0 saturated carbocycles. The predicted molar refractivity (Wildman–Crippen MR) is 52.2 cm³/mol. The zero-order valence-electron chi connectivity index (χ0n) is 8.56. The Labute approximate surface area is 96.2 Å². The molecule has 0 bridgehead atoms. The van der Waals surface area contributed by atoms with Gasteiger partial charge in [0.2, 0.25) is 5.91 Å². The summed E-state index contributed by atoms with van der Waals surface area (Å²) in [5.41, 5.74) is -2.65. The third-order valence-corrected chi connectivity index (χ3v) is 2.97. The van der Waals surface area contributed by atoms with Crippen molar-refractivity contribution in [2.24, 2.45) is 0 Å². The van der Waals surface area contributed by atoms with E-state index in [0.29, 0.717) is 0 Å². The van der Waals surface area contributed by atoms with Crippen LogP contribution in [0.5, 0.6) is 0 Å². The number of amides is 1. The average molecular weight is 260 g/mol. The van der Waals surface area contributed by atoms with Gasteiger partial charge in [-0.2, -0.15) is 13.2 Å². The molecule has 0 atom stereocenters. The second-order valence-electron chi connectivity index (χ2n) is 3.85. The van der Waals surface area contributed by atoms with Crippen LogP contribution >= 0.6 is 11.6 Å². The summed E-state index contributed by atoms with van der Waals surface area (Å²) in [6.07, 6.45) is -5.45. The number of aliphatic hydroxyl groups is 1. The average Bonchev–Trinajstić information content (AvgIpc) is 2.17. The normalized spacial score (nSPS) is 20.9. The molecule has 7 heteroatoms. The first-order valence-electron chi connectivity index (χ1n) is 4.93.